The van der Waals surface area contributed by atoms with Crippen LogP contribution in [0.4, 0.5) is 0 Å². The van der Waals surface area contributed by atoms with Gasteiger partial charge in [-0.3, -0.25) is 9.48 Å². The van der Waals surface area contributed by atoms with Crippen LogP contribution in [0.5, 0.6) is 0 Å². The zero-order valence-electron chi connectivity index (χ0n) is 9.66. The van der Waals surface area contributed by atoms with Gasteiger partial charge in [-0.2, -0.15) is 5.10 Å². The Morgan fingerprint density at radius 1 is 1.47 bits per heavy atom. The van der Waals surface area contributed by atoms with Crippen LogP contribution in [0.3, 0.4) is 0 Å². The largest absolute Gasteiger partial charge is 0.356 e. The third kappa shape index (κ3) is 2.12. The Morgan fingerprint density at radius 2 is 2.24 bits per heavy atom. The lowest BCUT2D eigenvalue weighted by Crippen LogP contribution is -2.30. The predicted octanol–water partition coefficient (Wildman–Crippen LogP) is 2.27. The lowest BCUT2D eigenvalue weighted by molar-refractivity contribution is -0.119. The zero-order valence-corrected chi connectivity index (χ0v) is 11.2. The summed E-state index contributed by atoms with van der Waals surface area (Å²) >= 11 is 3.43. The Balaban J connectivity index is 1.66. The quantitative estimate of drug-likeness (QED) is 0.864. The second kappa shape index (κ2) is 4.12. The second-order valence-corrected chi connectivity index (χ2v) is 6.24. The van der Waals surface area contributed by atoms with E-state index in [2.05, 4.69) is 31.0 Å². The van der Waals surface area contributed by atoms with Crippen molar-refractivity contribution in [1.29, 1.82) is 0 Å². The molecule has 92 valence electrons. The Hall–Kier alpha value is -0.840. The summed E-state index contributed by atoms with van der Waals surface area (Å²) in [6.45, 7) is 0.876. The maximum absolute atomic E-state index is 11.3. The molecule has 0 radical (unpaired) electrons. The molecule has 1 saturated heterocycles. The fourth-order valence-electron chi connectivity index (χ4n) is 3.10. The van der Waals surface area contributed by atoms with E-state index in [4.69, 9.17) is 0 Å². The predicted molar refractivity (Wildman–Crippen MR) is 67.5 cm³/mol. The van der Waals surface area contributed by atoms with Gasteiger partial charge >= 0.3 is 0 Å². The van der Waals surface area contributed by atoms with Crippen molar-refractivity contribution in [3.8, 4) is 0 Å². The molecule has 5 heteroatoms. The van der Waals surface area contributed by atoms with Crippen molar-refractivity contribution in [2.45, 2.75) is 38.1 Å². The summed E-state index contributed by atoms with van der Waals surface area (Å²) in [4.78, 5) is 11.3. The van der Waals surface area contributed by atoms with E-state index < -0.39 is 0 Å². The molecule has 1 aromatic heterocycles. The molecule has 1 spiro atoms. The van der Waals surface area contributed by atoms with E-state index in [-0.39, 0.29) is 11.3 Å². The fraction of sp³-hybridized carbons (Fsp3) is 0.667. The summed E-state index contributed by atoms with van der Waals surface area (Å²) < 4.78 is 3.09. The molecule has 1 aromatic rings. The van der Waals surface area contributed by atoms with E-state index in [9.17, 15) is 4.79 Å². The molecule has 0 aromatic carbocycles. The number of halogens is 1. The molecule has 2 heterocycles. The maximum Gasteiger partial charge on any atom is 0.220 e. The molecular weight excluding hydrogens is 282 g/mol. The number of rotatable bonds is 1. The Kier molecular flexibility index (Phi) is 2.73. The molecule has 1 amide bonds. The van der Waals surface area contributed by atoms with Crippen LogP contribution in [0.25, 0.3) is 0 Å². The minimum atomic E-state index is 0.227. The Bertz CT molecular complexity index is 435. The lowest BCUT2D eigenvalue weighted by atomic mass is 9.72. The molecule has 0 bridgehead atoms. The monoisotopic (exact) mass is 297 g/mol. The van der Waals surface area contributed by atoms with Crippen LogP contribution in [0.2, 0.25) is 0 Å². The molecule has 1 aliphatic heterocycles. The van der Waals surface area contributed by atoms with E-state index in [0.717, 1.165) is 43.1 Å². The highest BCUT2D eigenvalue weighted by Gasteiger charge is 2.41. The number of aromatic nitrogens is 2. The van der Waals surface area contributed by atoms with Gasteiger partial charge in [0.15, 0.2) is 0 Å². The smallest absolute Gasteiger partial charge is 0.220 e. The number of carbonyl (C=O) groups is 1. The first-order valence-corrected chi connectivity index (χ1v) is 6.93. The standard InChI is InChI=1S/C12H16BrN3O/c13-9-6-15-16(7-9)10-1-3-12(4-2-10)5-11(17)14-8-12/h6-7,10H,1-5,8H2,(H,14,17)/t10-,12-. The molecule has 3 rings (SSSR count). The third-order valence-corrected chi connectivity index (χ3v) is 4.57. The van der Waals surface area contributed by atoms with Gasteiger partial charge in [-0.05, 0) is 47.0 Å². The topological polar surface area (TPSA) is 46.9 Å². The average molecular weight is 298 g/mol. The van der Waals surface area contributed by atoms with Gasteiger partial charge < -0.3 is 5.32 Å². The molecular formula is C12H16BrN3O. The lowest BCUT2D eigenvalue weighted by Gasteiger charge is -2.35. The van der Waals surface area contributed by atoms with E-state index in [1.165, 1.54) is 0 Å². The number of amides is 1. The normalized spacial score (nSPS) is 33.0. The number of carbonyl (C=O) groups excluding carboxylic acids is 1. The molecule has 0 unspecified atom stereocenters. The van der Waals surface area contributed by atoms with Crippen molar-refractivity contribution in [3.63, 3.8) is 0 Å². The van der Waals surface area contributed by atoms with Crippen LogP contribution < -0.4 is 5.32 Å². The SMILES string of the molecule is O=C1C[C@]2(CC[C@@H](n3cc(Br)cn3)CC2)CN1. The number of hydrogen-bond acceptors (Lipinski definition) is 2. The first-order valence-electron chi connectivity index (χ1n) is 6.13. The van der Waals surface area contributed by atoms with Crippen molar-refractivity contribution >= 4 is 21.8 Å². The molecule has 17 heavy (non-hydrogen) atoms. The second-order valence-electron chi connectivity index (χ2n) is 5.32. The molecule has 1 aliphatic carbocycles. The average Bonchev–Trinajstić information content (AvgIpc) is 2.88. The van der Waals surface area contributed by atoms with E-state index in [0.29, 0.717) is 6.04 Å². The molecule has 4 nitrogen and oxygen atoms in total. The van der Waals surface area contributed by atoms with Crippen LogP contribution in [0, 0.1) is 5.41 Å². The van der Waals surface area contributed by atoms with Crippen molar-refractivity contribution in [2.75, 3.05) is 6.54 Å². The van der Waals surface area contributed by atoms with Crippen molar-refractivity contribution < 1.29 is 4.79 Å². The summed E-state index contributed by atoms with van der Waals surface area (Å²) in [5.74, 6) is 0.227. The number of nitrogens with zero attached hydrogens (tertiary/aromatic N) is 2. The van der Waals surface area contributed by atoms with Gasteiger partial charge in [0.05, 0.1) is 16.7 Å². The summed E-state index contributed by atoms with van der Waals surface area (Å²) in [6, 6.07) is 0.502. The molecule has 0 atom stereocenters. The zero-order chi connectivity index (χ0) is 11.9. The summed E-state index contributed by atoms with van der Waals surface area (Å²) in [7, 11) is 0. The van der Waals surface area contributed by atoms with Gasteiger partial charge in [0.25, 0.3) is 0 Å². The van der Waals surface area contributed by atoms with Crippen LogP contribution in [-0.4, -0.2) is 22.2 Å². The van der Waals surface area contributed by atoms with Crippen molar-refractivity contribution in [2.24, 2.45) is 5.41 Å². The van der Waals surface area contributed by atoms with Crippen LogP contribution in [-0.2, 0) is 4.79 Å². The first kappa shape index (κ1) is 11.3. The summed E-state index contributed by atoms with van der Waals surface area (Å²) in [5.41, 5.74) is 0.248. The van der Waals surface area contributed by atoms with E-state index in [1.807, 2.05) is 12.4 Å². The minimum absolute atomic E-state index is 0.227. The highest BCUT2D eigenvalue weighted by Crippen LogP contribution is 2.44. The Labute approximate surface area is 109 Å². The van der Waals surface area contributed by atoms with E-state index >= 15 is 0 Å². The van der Waals surface area contributed by atoms with Gasteiger partial charge in [-0.25, -0.2) is 0 Å². The van der Waals surface area contributed by atoms with Gasteiger partial charge in [-0.1, -0.05) is 0 Å². The van der Waals surface area contributed by atoms with Gasteiger partial charge in [0.1, 0.15) is 0 Å². The molecule has 2 fully saturated rings. The summed E-state index contributed by atoms with van der Waals surface area (Å²) in [5, 5.41) is 7.33. The van der Waals surface area contributed by atoms with Crippen LogP contribution in [0.1, 0.15) is 38.1 Å². The highest BCUT2D eigenvalue weighted by molar-refractivity contribution is 9.10. The molecule has 1 N–H and O–H groups in total. The van der Waals surface area contributed by atoms with Crippen LogP contribution >= 0.6 is 15.9 Å². The van der Waals surface area contributed by atoms with E-state index in [1.54, 1.807) is 0 Å². The fourth-order valence-corrected chi connectivity index (χ4v) is 3.40. The van der Waals surface area contributed by atoms with Gasteiger partial charge in [-0.15, -0.1) is 0 Å². The van der Waals surface area contributed by atoms with Crippen molar-refractivity contribution in [3.05, 3.63) is 16.9 Å². The maximum atomic E-state index is 11.3. The van der Waals surface area contributed by atoms with Crippen LogP contribution in [0.15, 0.2) is 16.9 Å². The number of nitrogens with one attached hydrogen (secondary N) is 1. The third-order valence-electron chi connectivity index (χ3n) is 4.16. The highest BCUT2D eigenvalue weighted by atomic mass is 79.9. The number of hydrogen-bond donors (Lipinski definition) is 1. The van der Waals surface area contributed by atoms with Crippen molar-refractivity contribution in [1.82, 2.24) is 15.1 Å². The molecule has 2 aliphatic rings. The minimum Gasteiger partial charge on any atom is -0.356 e. The van der Waals surface area contributed by atoms with Gasteiger partial charge in [0.2, 0.25) is 5.91 Å². The van der Waals surface area contributed by atoms with Gasteiger partial charge in [0, 0.05) is 19.2 Å². The molecule has 1 saturated carbocycles. The first-order chi connectivity index (χ1) is 8.17. The summed E-state index contributed by atoms with van der Waals surface area (Å²) in [6.07, 6.45) is 9.13. The Morgan fingerprint density at radius 3 is 2.76 bits per heavy atom.